The van der Waals surface area contributed by atoms with Crippen LogP contribution in [0.4, 0.5) is 0 Å². The fraction of sp³-hybridized carbons (Fsp3) is 0.500. The molecule has 4 heteroatoms. The second kappa shape index (κ2) is 7.01. The van der Waals surface area contributed by atoms with E-state index in [1.807, 2.05) is 6.07 Å². The van der Waals surface area contributed by atoms with E-state index in [1.165, 1.54) is 0 Å². The number of nitrogens with zero attached hydrogens (tertiary/aromatic N) is 1. The van der Waals surface area contributed by atoms with Crippen LogP contribution in [0.25, 0.3) is 0 Å². The van der Waals surface area contributed by atoms with E-state index in [1.54, 1.807) is 19.1 Å². The van der Waals surface area contributed by atoms with Gasteiger partial charge >= 0.3 is 5.97 Å². The fourth-order valence-electron chi connectivity index (χ4n) is 1.83. The van der Waals surface area contributed by atoms with Crippen LogP contribution in [0.3, 0.4) is 0 Å². The molecule has 1 aromatic carbocycles. The zero-order valence-electron chi connectivity index (χ0n) is 11.3. The van der Waals surface area contributed by atoms with Crippen LogP contribution in [-0.4, -0.2) is 42.2 Å². The zero-order valence-corrected chi connectivity index (χ0v) is 11.3. The van der Waals surface area contributed by atoms with Crippen LogP contribution in [-0.2, 0) is 0 Å². The molecule has 0 heterocycles. The normalized spacial score (nSPS) is 10.7. The Morgan fingerprint density at radius 3 is 2.56 bits per heavy atom. The predicted molar refractivity (Wildman–Crippen MR) is 71.4 cm³/mol. The first-order chi connectivity index (χ1) is 8.60. The molecule has 100 valence electrons. The maximum atomic E-state index is 11.0. The van der Waals surface area contributed by atoms with Crippen molar-refractivity contribution in [3.63, 3.8) is 0 Å². The minimum atomic E-state index is -0.915. The zero-order chi connectivity index (χ0) is 13.5. The quantitative estimate of drug-likeness (QED) is 0.808. The van der Waals surface area contributed by atoms with Crippen molar-refractivity contribution in [2.45, 2.75) is 20.8 Å². The van der Waals surface area contributed by atoms with Crippen LogP contribution in [0.5, 0.6) is 5.75 Å². The van der Waals surface area contributed by atoms with Crippen molar-refractivity contribution < 1.29 is 14.6 Å². The Labute approximate surface area is 108 Å². The lowest BCUT2D eigenvalue weighted by Crippen LogP contribution is -2.28. The smallest absolute Gasteiger partial charge is 0.336 e. The van der Waals surface area contributed by atoms with E-state index in [0.29, 0.717) is 23.5 Å². The van der Waals surface area contributed by atoms with Gasteiger partial charge in [-0.3, -0.25) is 0 Å². The topological polar surface area (TPSA) is 49.8 Å². The third kappa shape index (κ3) is 3.74. The van der Waals surface area contributed by atoms with E-state index in [4.69, 9.17) is 9.84 Å². The Balaban J connectivity index is 2.63. The second-order valence-electron chi connectivity index (χ2n) is 4.11. The number of carboxylic acids is 1. The number of likely N-dealkylation sites (N-methyl/N-ethyl adjacent to an activating group) is 1. The number of rotatable bonds is 7. The minimum absolute atomic E-state index is 0.301. The molecule has 18 heavy (non-hydrogen) atoms. The largest absolute Gasteiger partial charge is 0.492 e. The Morgan fingerprint density at radius 2 is 2.00 bits per heavy atom. The van der Waals surface area contributed by atoms with Crippen LogP contribution in [0.1, 0.15) is 29.8 Å². The lowest BCUT2D eigenvalue weighted by Gasteiger charge is -2.18. The molecule has 0 aliphatic heterocycles. The van der Waals surface area contributed by atoms with E-state index in [9.17, 15) is 4.79 Å². The third-order valence-corrected chi connectivity index (χ3v) is 3.07. The lowest BCUT2D eigenvalue weighted by atomic mass is 10.1. The molecule has 0 unspecified atom stereocenters. The molecular formula is C14H21NO3. The molecule has 0 aliphatic carbocycles. The Bertz CT molecular complexity index is 400. The number of hydrogen-bond donors (Lipinski definition) is 1. The van der Waals surface area contributed by atoms with Gasteiger partial charge in [0.1, 0.15) is 12.4 Å². The molecular weight excluding hydrogens is 230 g/mol. The van der Waals surface area contributed by atoms with Gasteiger partial charge in [0.05, 0.1) is 5.56 Å². The van der Waals surface area contributed by atoms with Crippen LogP contribution in [0.2, 0.25) is 0 Å². The van der Waals surface area contributed by atoms with Gasteiger partial charge in [-0.25, -0.2) is 4.79 Å². The van der Waals surface area contributed by atoms with Crippen LogP contribution in [0.15, 0.2) is 18.2 Å². The van der Waals surface area contributed by atoms with Crippen molar-refractivity contribution in [3.8, 4) is 5.75 Å². The standard InChI is InChI=1S/C14H21NO3/c1-4-15(5-2)9-10-18-13-8-6-7-12(11(13)3)14(16)17/h6-8H,4-5,9-10H2,1-3H3,(H,16,17). The van der Waals surface area contributed by atoms with Gasteiger partial charge in [0.25, 0.3) is 0 Å². The summed E-state index contributed by atoms with van der Waals surface area (Å²) in [5.74, 6) is -0.260. The van der Waals surface area contributed by atoms with Crippen molar-refractivity contribution in [1.82, 2.24) is 4.90 Å². The van der Waals surface area contributed by atoms with E-state index in [2.05, 4.69) is 18.7 Å². The number of hydrogen-bond acceptors (Lipinski definition) is 3. The highest BCUT2D eigenvalue weighted by molar-refractivity contribution is 5.90. The van der Waals surface area contributed by atoms with E-state index < -0.39 is 5.97 Å². The average Bonchev–Trinajstić information content (AvgIpc) is 2.36. The molecule has 0 spiro atoms. The number of carbonyl (C=O) groups is 1. The summed E-state index contributed by atoms with van der Waals surface area (Å²) in [6.45, 7) is 9.41. The van der Waals surface area contributed by atoms with Crippen molar-refractivity contribution in [2.75, 3.05) is 26.2 Å². The number of carboxylic acid groups (broad SMARTS) is 1. The molecule has 4 nitrogen and oxygen atoms in total. The SMILES string of the molecule is CCN(CC)CCOc1cccc(C(=O)O)c1C. The third-order valence-electron chi connectivity index (χ3n) is 3.07. The molecule has 0 saturated heterocycles. The molecule has 0 atom stereocenters. The highest BCUT2D eigenvalue weighted by Crippen LogP contribution is 2.21. The molecule has 0 aromatic heterocycles. The first kappa shape index (κ1) is 14.5. The minimum Gasteiger partial charge on any atom is -0.492 e. The molecule has 1 rings (SSSR count). The van der Waals surface area contributed by atoms with Gasteiger partial charge in [-0.15, -0.1) is 0 Å². The second-order valence-corrected chi connectivity index (χ2v) is 4.11. The predicted octanol–water partition coefficient (Wildman–Crippen LogP) is 2.41. The van der Waals surface area contributed by atoms with Gasteiger partial charge in [0.15, 0.2) is 0 Å². The summed E-state index contributed by atoms with van der Waals surface area (Å²) in [5, 5.41) is 9.02. The highest BCUT2D eigenvalue weighted by Gasteiger charge is 2.10. The first-order valence-corrected chi connectivity index (χ1v) is 6.28. The van der Waals surface area contributed by atoms with Gasteiger partial charge in [-0.05, 0) is 32.1 Å². The maximum Gasteiger partial charge on any atom is 0.336 e. The number of aromatic carboxylic acids is 1. The van der Waals surface area contributed by atoms with Gasteiger partial charge in [0.2, 0.25) is 0 Å². The Morgan fingerprint density at radius 1 is 1.33 bits per heavy atom. The summed E-state index contributed by atoms with van der Waals surface area (Å²) in [6.07, 6.45) is 0. The summed E-state index contributed by atoms with van der Waals surface area (Å²) in [7, 11) is 0. The average molecular weight is 251 g/mol. The number of ether oxygens (including phenoxy) is 1. The number of benzene rings is 1. The highest BCUT2D eigenvalue weighted by atomic mass is 16.5. The van der Waals surface area contributed by atoms with E-state index in [0.717, 1.165) is 19.6 Å². The van der Waals surface area contributed by atoms with Gasteiger partial charge in [-0.1, -0.05) is 19.9 Å². The summed E-state index contributed by atoms with van der Waals surface area (Å²) < 4.78 is 5.66. The van der Waals surface area contributed by atoms with Gasteiger partial charge < -0.3 is 14.7 Å². The molecule has 1 N–H and O–H groups in total. The summed E-state index contributed by atoms with van der Waals surface area (Å²) in [6, 6.07) is 5.11. The van der Waals surface area contributed by atoms with Gasteiger partial charge in [0, 0.05) is 12.1 Å². The summed E-state index contributed by atoms with van der Waals surface area (Å²) in [4.78, 5) is 13.2. The molecule has 0 bridgehead atoms. The molecule has 0 aliphatic rings. The molecule has 0 saturated carbocycles. The fourth-order valence-corrected chi connectivity index (χ4v) is 1.83. The van der Waals surface area contributed by atoms with Crippen molar-refractivity contribution >= 4 is 5.97 Å². The maximum absolute atomic E-state index is 11.0. The van der Waals surface area contributed by atoms with Crippen molar-refractivity contribution in [1.29, 1.82) is 0 Å². The van der Waals surface area contributed by atoms with Gasteiger partial charge in [-0.2, -0.15) is 0 Å². The first-order valence-electron chi connectivity index (χ1n) is 6.28. The summed E-state index contributed by atoms with van der Waals surface area (Å²) in [5.41, 5.74) is 0.986. The van der Waals surface area contributed by atoms with Crippen LogP contribution >= 0.6 is 0 Å². The summed E-state index contributed by atoms with van der Waals surface area (Å²) >= 11 is 0. The van der Waals surface area contributed by atoms with E-state index >= 15 is 0 Å². The van der Waals surface area contributed by atoms with Crippen LogP contribution < -0.4 is 4.74 Å². The molecule has 0 fully saturated rings. The Hall–Kier alpha value is -1.55. The van der Waals surface area contributed by atoms with Crippen molar-refractivity contribution in [2.24, 2.45) is 0 Å². The Kier molecular flexibility index (Phi) is 5.65. The monoisotopic (exact) mass is 251 g/mol. The molecule has 1 aromatic rings. The molecule has 0 amide bonds. The van der Waals surface area contributed by atoms with E-state index in [-0.39, 0.29) is 0 Å². The van der Waals surface area contributed by atoms with Crippen molar-refractivity contribution in [3.05, 3.63) is 29.3 Å². The molecule has 0 radical (unpaired) electrons. The lowest BCUT2D eigenvalue weighted by molar-refractivity contribution is 0.0695. The van der Waals surface area contributed by atoms with Crippen LogP contribution in [0, 0.1) is 6.92 Å².